The number of hydrogen-bond donors (Lipinski definition) is 0. The predicted molar refractivity (Wildman–Crippen MR) is 262 cm³/mol. The highest BCUT2D eigenvalue weighted by molar-refractivity contribution is 5.68. The monoisotopic (exact) mass is 858 g/mol. The standard InChI is InChI=1S/C58H46N6O2/c1-5-19-45(20-6-1)55-59-60-56(46-21-7-2-8-22-46)63(55)49-33-27-41(28-34-49)15-13-17-43-31-37-51-53(39-43)65-52-38-32-44(40-54(52)66-51)18-14-16-42-29-35-50(36-30-42)64-57(47-23-9-3-10-24-47)61-62-58(64)48-25-11-4-12-26-48/h1-12,19-40H,13-18H2. The van der Waals surface area contributed by atoms with Gasteiger partial charge in [-0.25, -0.2) is 0 Å². The van der Waals surface area contributed by atoms with Crippen molar-refractivity contribution in [2.75, 3.05) is 0 Å². The molecule has 320 valence electrons. The van der Waals surface area contributed by atoms with E-state index in [4.69, 9.17) is 9.47 Å². The van der Waals surface area contributed by atoms with E-state index >= 15 is 0 Å². The first-order valence-electron chi connectivity index (χ1n) is 22.6. The Morgan fingerprint density at radius 2 is 0.576 bits per heavy atom. The highest BCUT2D eigenvalue weighted by Gasteiger charge is 2.21. The van der Waals surface area contributed by atoms with Crippen LogP contribution in [0.5, 0.6) is 23.0 Å². The van der Waals surface area contributed by atoms with Gasteiger partial charge in [0.2, 0.25) is 0 Å². The summed E-state index contributed by atoms with van der Waals surface area (Å²) >= 11 is 0. The second-order valence-corrected chi connectivity index (χ2v) is 16.6. The Morgan fingerprint density at radius 3 is 0.894 bits per heavy atom. The predicted octanol–water partition coefficient (Wildman–Crippen LogP) is 13.8. The van der Waals surface area contributed by atoms with Crippen LogP contribution in [-0.4, -0.2) is 29.5 Å². The van der Waals surface area contributed by atoms with Crippen LogP contribution < -0.4 is 9.47 Å². The fourth-order valence-corrected chi connectivity index (χ4v) is 8.75. The van der Waals surface area contributed by atoms with Crippen molar-refractivity contribution in [3.8, 4) is 79.9 Å². The minimum absolute atomic E-state index is 0.747. The molecule has 1 aliphatic rings. The van der Waals surface area contributed by atoms with Gasteiger partial charge >= 0.3 is 0 Å². The molecule has 0 saturated carbocycles. The summed E-state index contributed by atoms with van der Waals surface area (Å²) in [5, 5.41) is 18.5. The van der Waals surface area contributed by atoms with Crippen molar-refractivity contribution in [3.63, 3.8) is 0 Å². The molecule has 8 heteroatoms. The molecular formula is C58H46N6O2. The number of benzene rings is 8. The van der Waals surface area contributed by atoms with E-state index in [0.29, 0.717) is 0 Å². The molecule has 0 atom stereocenters. The summed E-state index contributed by atoms with van der Waals surface area (Å²) in [4.78, 5) is 0. The van der Waals surface area contributed by atoms with Gasteiger partial charge in [0.1, 0.15) is 0 Å². The van der Waals surface area contributed by atoms with Crippen molar-refractivity contribution in [1.82, 2.24) is 29.5 Å². The summed E-state index contributed by atoms with van der Waals surface area (Å²) in [6.45, 7) is 0. The second kappa shape index (κ2) is 18.4. The zero-order valence-corrected chi connectivity index (χ0v) is 36.4. The van der Waals surface area contributed by atoms with Gasteiger partial charge in [-0.05, 0) is 109 Å². The van der Waals surface area contributed by atoms with Crippen LogP contribution in [-0.2, 0) is 25.7 Å². The Labute approximate surface area is 384 Å². The summed E-state index contributed by atoms with van der Waals surface area (Å²) in [5.74, 6) is 6.29. The molecule has 0 fully saturated rings. The fraction of sp³-hybridized carbons (Fsp3) is 0.103. The van der Waals surface area contributed by atoms with Gasteiger partial charge in [0.25, 0.3) is 0 Å². The molecule has 2 aromatic heterocycles. The number of fused-ring (bicyclic) bond motifs is 2. The Morgan fingerprint density at radius 1 is 0.288 bits per heavy atom. The zero-order valence-electron chi connectivity index (χ0n) is 36.4. The lowest BCUT2D eigenvalue weighted by atomic mass is 10.0. The van der Waals surface area contributed by atoms with Gasteiger partial charge in [0.05, 0.1) is 0 Å². The van der Waals surface area contributed by atoms with Gasteiger partial charge in [0.15, 0.2) is 46.3 Å². The maximum atomic E-state index is 6.41. The van der Waals surface area contributed by atoms with E-state index in [1.165, 1.54) is 22.3 Å². The summed E-state index contributed by atoms with van der Waals surface area (Å²) < 4.78 is 17.1. The van der Waals surface area contributed by atoms with Crippen molar-refractivity contribution in [1.29, 1.82) is 0 Å². The van der Waals surface area contributed by atoms with Crippen LogP contribution in [0.3, 0.4) is 0 Å². The quantitative estimate of drug-likeness (QED) is 0.108. The summed E-state index contributed by atoms with van der Waals surface area (Å²) in [7, 11) is 0. The largest absolute Gasteiger partial charge is 0.450 e. The smallest absolute Gasteiger partial charge is 0.170 e. The molecule has 0 spiro atoms. The molecule has 8 aromatic carbocycles. The van der Waals surface area contributed by atoms with Crippen molar-refractivity contribution in [2.45, 2.75) is 38.5 Å². The molecule has 0 unspecified atom stereocenters. The van der Waals surface area contributed by atoms with Gasteiger partial charge in [-0.15, -0.1) is 20.4 Å². The maximum Gasteiger partial charge on any atom is 0.170 e. The molecule has 0 amide bonds. The Bertz CT molecular complexity index is 2890. The van der Waals surface area contributed by atoms with Crippen LogP contribution in [0.25, 0.3) is 56.9 Å². The van der Waals surface area contributed by atoms with Gasteiger partial charge in [-0.1, -0.05) is 158 Å². The molecule has 0 bridgehead atoms. The molecule has 3 heterocycles. The van der Waals surface area contributed by atoms with Crippen molar-refractivity contribution in [3.05, 3.63) is 229 Å². The van der Waals surface area contributed by atoms with Gasteiger partial charge in [-0.3, -0.25) is 9.13 Å². The van der Waals surface area contributed by atoms with E-state index in [1.54, 1.807) is 0 Å². The topological polar surface area (TPSA) is 79.9 Å². The highest BCUT2D eigenvalue weighted by atomic mass is 16.6. The van der Waals surface area contributed by atoms with Gasteiger partial charge < -0.3 is 9.47 Å². The number of hydrogen-bond acceptors (Lipinski definition) is 6. The van der Waals surface area contributed by atoms with Crippen LogP contribution in [0.15, 0.2) is 206 Å². The van der Waals surface area contributed by atoms with E-state index in [1.807, 2.05) is 84.9 Å². The lowest BCUT2D eigenvalue weighted by Crippen LogP contribution is -2.02. The molecule has 66 heavy (non-hydrogen) atoms. The average molecular weight is 859 g/mol. The number of rotatable bonds is 14. The fourth-order valence-electron chi connectivity index (χ4n) is 8.75. The number of aryl methyl sites for hydroxylation is 4. The maximum absolute atomic E-state index is 6.41. The number of nitrogens with zero attached hydrogens (tertiary/aromatic N) is 6. The van der Waals surface area contributed by atoms with Crippen molar-refractivity contribution in [2.24, 2.45) is 0 Å². The first kappa shape index (κ1) is 40.4. The second-order valence-electron chi connectivity index (χ2n) is 16.6. The van der Waals surface area contributed by atoms with Crippen LogP contribution in [0.1, 0.15) is 35.1 Å². The zero-order chi connectivity index (χ0) is 44.1. The van der Waals surface area contributed by atoms with Crippen LogP contribution in [0, 0.1) is 0 Å². The van der Waals surface area contributed by atoms with E-state index in [0.717, 1.165) is 118 Å². The van der Waals surface area contributed by atoms with Crippen LogP contribution in [0.2, 0.25) is 0 Å². The molecule has 0 radical (unpaired) electrons. The number of aromatic nitrogens is 6. The highest BCUT2D eigenvalue weighted by Crippen LogP contribution is 2.46. The molecule has 0 saturated heterocycles. The third-order valence-corrected chi connectivity index (χ3v) is 12.2. The Kier molecular flexibility index (Phi) is 11.3. The van der Waals surface area contributed by atoms with Crippen molar-refractivity contribution >= 4 is 0 Å². The Hall–Kier alpha value is -8.36. The van der Waals surface area contributed by atoms with Crippen LogP contribution >= 0.6 is 0 Å². The Balaban J connectivity index is 0.700. The summed E-state index contributed by atoms with van der Waals surface area (Å²) in [5.41, 5.74) is 11.2. The molecule has 10 aromatic rings. The lowest BCUT2D eigenvalue weighted by molar-refractivity contribution is 0.358. The van der Waals surface area contributed by atoms with E-state index in [-0.39, 0.29) is 0 Å². The van der Waals surface area contributed by atoms with E-state index in [2.05, 4.69) is 151 Å². The summed E-state index contributed by atoms with van der Waals surface area (Å²) in [6.07, 6.45) is 5.79. The van der Waals surface area contributed by atoms with Crippen molar-refractivity contribution < 1.29 is 9.47 Å². The molecule has 0 N–H and O–H groups in total. The number of ether oxygens (including phenoxy) is 2. The van der Waals surface area contributed by atoms with Gasteiger partial charge in [-0.2, -0.15) is 0 Å². The first-order chi connectivity index (χ1) is 32.7. The molecule has 1 aliphatic heterocycles. The van der Waals surface area contributed by atoms with Gasteiger partial charge in [0, 0.05) is 33.6 Å². The molecule has 11 rings (SSSR count). The third-order valence-electron chi connectivity index (χ3n) is 12.2. The normalized spacial score (nSPS) is 11.6. The minimum atomic E-state index is 0.747. The van der Waals surface area contributed by atoms with E-state index in [9.17, 15) is 0 Å². The lowest BCUT2D eigenvalue weighted by Gasteiger charge is -2.22. The third kappa shape index (κ3) is 8.52. The first-order valence-corrected chi connectivity index (χ1v) is 22.6. The van der Waals surface area contributed by atoms with E-state index < -0.39 is 0 Å². The van der Waals surface area contributed by atoms with Crippen LogP contribution in [0.4, 0.5) is 0 Å². The molecule has 8 nitrogen and oxygen atoms in total. The SMILES string of the molecule is c1ccc(-c2nnc(-c3ccccc3)n2-c2ccc(CCCc3ccc4c(c3)Oc3ccc(CCCc5ccc(-n6c(-c7ccccc7)nnc6-c6ccccc6)cc5)cc3O4)cc2)cc1. The molecular weight excluding hydrogens is 813 g/mol. The summed E-state index contributed by atoms with van der Waals surface area (Å²) in [6, 6.07) is 71.1. The minimum Gasteiger partial charge on any atom is -0.450 e. The average Bonchev–Trinajstić information content (AvgIpc) is 4.04. The molecule has 0 aliphatic carbocycles.